The Bertz CT molecular complexity index is 855. The molecule has 7 heteroatoms. The van der Waals surface area contributed by atoms with Crippen LogP contribution in [0.1, 0.15) is 29.3 Å². The zero-order valence-corrected chi connectivity index (χ0v) is 17.7. The van der Waals surface area contributed by atoms with Crippen LogP contribution in [0, 0.1) is 0 Å². The first kappa shape index (κ1) is 23.3. The topological polar surface area (TPSA) is 87.7 Å². The van der Waals surface area contributed by atoms with Crippen molar-refractivity contribution >= 4 is 23.3 Å². The molecule has 2 rings (SSSR count). The monoisotopic (exact) mass is 411 g/mol. The minimum absolute atomic E-state index is 0.0894. The first-order chi connectivity index (χ1) is 14.4. The van der Waals surface area contributed by atoms with E-state index in [1.54, 1.807) is 74.5 Å². The Balaban J connectivity index is 1.98. The van der Waals surface area contributed by atoms with E-state index >= 15 is 0 Å². The second kappa shape index (κ2) is 11.8. The molecule has 0 fully saturated rings. The van der Waals surface area contributed by atoms with E-state index < -0.39 is 6.04 Å². The van der Waals surface area contributed by atoms with Gasteiger partial charge < -0.3 is 15.4 Å². The van der Waals surface area contributed by atoms with Crippen molar-refractivity contribution in [1.29, 1.82) is 0 Å². The molecular weight excluding hydrogens is 382 g/mol. The Morgan fingerprint density at radius 2 is 1.70 bits per heavy atom. The molecule has 160 valence electrons. The number of anilines is 1. The summed E-state index contributed by atoms with van der Waals surface area (Å²) in [5.74, 6) is -0.617. The Hall–Kier alpha value is -3.03. The average molecular weight is 412 g/mol. The summed E-state index contributed by atoms with van der Waals surface area (Å²) in [5, 5.41) is 5.62. The normalized spacial score (nSPS) is 11.7. The first-order valence-electron chi connectivity index (χ1n) is 9.89. The number of hydrogen-bond acceptors (Lipinski definition) is 5. The third-order valence-electron chi connectivity index (χ3n) is 4.75. The molecule has 0 aliphatic carbocycles. The molecule has 1 unspecified atom stereocenters. The number of carbonyl (C=O) groups excluding carboxylic acids is 3. The van der Waals surface area contributed by atoms with Crippen molar-refractivity contribution in [3.63, 3.8) is 0 Å². The van der Waals surface area contributed by atoms with Crippen LogP contribution in [0.4, 0.5) is 5.69 Å². The number of rotatable bonds is 11. The lowest BCUT2D eigenvalue weighted by molar-refractivity contribution is -0.124. The van der Waals surface area contributed by atoms with Crippen LogP contribution >= 0.6 is 0 Å². The molecule has 2 aromatic rings. The van der Waals surface area contributed by atoms with Crippen LogP contribution in [0.2, 0.25) is 0 Å². The molecular formula is C23H29N3O4. The Labute approximate surface area is 177 Å². The van der Waals surface area contributed by atoms with Gasteiger partial charge in [0.05, 0.1) is 18.3 Å². The Morgan fingerprint density at radius 1 is 1.03 bits per heavy atom. The molecule has 2 N–H and O–H groups in total. The van der Waals surface area contributed by atoms with Gasteiger partial charge in [0.25, 0.3) is 0 Å². The molecule has 30 heavy (non-hydrogen) atoms. The number of nitrogens with one attached hydrogen (secondary N) is 2. The largest absolute Gasteiger partial charge is 0.385 e. The van der Waals surface area contributed by atoms with Gasteiger partial charge in [-0.25, -0.2) is 0 Å². The molecule has 0 spiro atoms. The molecule has 0 saturated heterocycles. The zero-order chi connectivity index (χ0) is 21.9. The average Bonchev–Trinajstić information content (AvgIpc) is 2.76. The van der Waals surface area contributed by atoms with E-state index in [9.17, 15) is 14.4 Å². The summed E-state index contributed by atoms with van der Waals surface area (Å²) in [6, 6.07) is 15.3. The molecule has 0 aliphatic rings. The van der Waals surface area contributed by atoms with E-state index in [0.717, 1.165) is 6.42 Å². The van der Waals surface area contributed by atoms with Crippen molar-refractivity contribution in [2.24, 2.45) is 0 Å². The number of ketones is 1. The van der Waals surface area contributed by atoms with Crippen LogP contribution in [0.5, 0.6) is 0 Å². The summed E-state index contributed by atoms with van der Waals surface area (Å²) in [6.45, 7) is 2.91. The predicted molar refractivity (Wildman–Crippen MR) is 117 cm³/mol. The number of methoxy groups -OCH3 is 1. The standard InChI is InChI=1S/C23H29N3O4/c1-17(26(2)16-21(27)24-14-9-15-30-3)23(29)25-20-13-8-7-12-19(20)22(28)18-10-5-4-6-11-18/h4-8,10-13,17H,9,14-16H2,1-3H3,(H,24,27)(H,25,29). The summed E-state index contributed by atoms with van der Waals surface area (Å²) in [5.41, 5.74) is 1.41. The molecule has 0 radical (unpaired) electrons. The van der Waals surface area contributed by atoms with Crippen molar-refractivity contribution in [3.05, 3.63) is 65.7 Å². The molecule has 2 aromatic carbocycles. The summed E-state index contributed by atoms with van der Waals surface area (Å²) in [6.07, 6.45) is 0.730. The Kier molecular flexibility index (Phi) is 9.18. The molecule has 0 aromatic heterocycles. The number of benzene rings is 2. The third-order valence-corrected chi connectivity index (χ3v) is 4.75. The van der Waals surface area contributed by atoms with Crippen molar-refractivity contribution in [2.75, 3.05) is 39.2 Å². The molecule has 0 saturated carbocycles. The van der Waals surface area contributed by atoms with Gasteiger partial charge in [0, 0.05) is 31.4 Å². The lowest BCUT2D eigenvalue weighted by Gasteiger charge is -2.23. The van der Waals surface area contributed by atoms with Gasteiger partial charge in [-0.05, 0) is 32.5 Å². The lowest BCUT2D eigenvalue weighted by Crippen LogP contribution is -2.45. The van der Waals surface area contributed by atoms with Crippen LogP contribution in [0.15, 0.2) is 54.6 Å². The fourth-order valence-corrected chi connectivity index (χ4v) is 2.84. The number of ether oxygens (including phenoxy) is 1. The number of carbonyl (C=O) groups is 3. The van der Waals surface area contributed by atoms with Crippen LogP contribution < -0.4 is 10.6 Å². The molecule has 0 heterocycles. The van der Waals surface area contributed by atoms with Gasteiger partial charge in [0.2, 0.25) is 11.8 Å². The highest BCUT2D eigenvalue weighted by Crippen LogP contribution is 2.20. The molecule has 0 bridgehead atoms. The van der Waals surface area contributed by atoms with Crippen LogP contribution in [0.25, 0.3) is 0 Å². The van der Waals surface area contributed by atoms with Gasteiger partial charge in [-0.2, -0.15) is 0 Å². The second-order valence-corrected chi connectivity index (χ2v) is 7.02. The smallest absolute Gasteiger partial charge is 0.241 e. The van der Waals surface area contributed by atoms with Crippen LogP contribution in [-0.2, 0) is 14.3 Å². The van der Waals surface area contributed by atoms with Crippen molar-refractivity contribution < 1.29 is 19.1 Å². The van der Waals surface area contributed by atoms with Crippen molar-refractivity contribution in [1.82, 2.24) is 10.2 Å². The summed E-state index contributed by atoms with van der Waals surface area (Å²) < 4.78 is 4.95. The van der Waals surface area contributed by atoms with E-state index in [4.69, 9.17) is 4.74 Å². The first-order valence-corrected chi connectivity index (χ1v) is 9.89. The minimum Gasteiger partial charge on any atom is -0.385 e. The maximum atomic E-state index is 12.8. The van der Waals surface area contributed by atoms with E-state index in [1.807, 2.05) is 6.07 Å². The third kappa shape index (κ3) is 6.79. The fourth-order valence-electron chi connectivity index (χ4n) is 2.84. The highest BCUT2D eigenvalue weighted by Gasteiger charge is 2.22. The highest BCUT2D eigenvalue weighted by atomic mass is 16.5. The van der Waals surface area contributed by atoms with E-state index in [0.29, 0.717) is 30.0 Å². The summed E-state index contributed by atoms with van der Waals surface area (Å²) in [4.78, 5) is 39.2. The fraction of sp³-hybridized carbons (Fsp3) is 0.348. The number of para-hydroxylation sites is 1. The van der Waals surface area contributed by atoms with Crippen molar-refractivity contribution in [2.45, 2.75) is 19.4 Å². The van der Waals surface area contributed by atoms with Crippen molar-refractivity contribution in [3.8, 4) is 0 Å². The molecule has 0 aliphatic heterocycles. The number of nitrogens with zero attached hydrogens (tertiary/aromatic N) is 1. The second-order valence-electron chi connectivity index (χ2n) is 7.02. The van der Waals surface area contributed by atoms with E-state index in [2.05, 4.69) is 10.6 Å². The zero-order valence-electron chi connectivity index (χ0n) is 17.7. The Morgan fingerprint density at radius 3 is 2.40 bits per heavy atom. The maximum absolute atomic E-state index is 12.8. The van der Waals surface area contributed by atoms with Gasteiger partial charge in [0.1, 0.15) is 0 Å². The molecule has 2 amide bonds. The highest BCUT2D eigenvalue weighted by molar-refractivity contribution is 6.14. The van der Waals surface area contributed by atoms with Gasteiger partial charge in [-0.1, -0.05) is 42.5 Å². The van der Waals surface area contributed by atoms with Gasteiger partial charge in [-0.15, -0.1) is 0 Å². The molecule has 7 nitrogen and oxygen atoms in total. The summed E-state index contributed by atoms with van der Waals surface area (Å²) >= 11 is 0. The lowest BCUT2D eigenvalue weighted by atomic mass is 10.0. The summed E-state index contributed by atoms with van der Waals surface area (Å²) in [7, 11) is 3.32. The van der Waals surface area contributed by atoms with Crippen LogP contribution in [0.3, 0.4) is 0 Å². The predicted octanol–water partition coefficient (Wildman–Crippen LogP) is 2.33. The number of amides is 2. The van der Waals surface area contributed by atoms with Gasteiger partial charge in [-0.3, -0.25) is 19.3 Å². The van der Waals surface area contributed by atoms with E-state index in [-0.39, 0.29) is 24.1 Å². The number of hydrogen-bond donors (Lipinski definition) is 2. The molecule has 1 atom stereocenters. The quantitative estimate of drug-likeness (QED) is 0.438. The SMILES string of the molecule is COCCCNC(=O)CN(C)C(C)C(=O)Nc1ccccc1C(=O)c1ccccc1. The van der Waals surface area contributed by atoms with Gasteiger partial charge >= 0.3 is 0 Å². The van der Waals surface area contributed by atoms with Gasteiger partial charge in [0.15, 0.2) is 5.78 Å². The van der Waals surface area contributed by atoms with E-state index in [1.165, 1.54) is 0 Å². The van der Waals surface area contributed by atoms with Crippen LogP contribution in [-0.4, -0.2) is 62.4 Å². The minimum atomic E-state index is -0.561. The maximum Gasteiger partial charge on any atom is 0.241 e. The number of likely N-dealkylation sites (N-methyl/N-ethyl adjacent to an activating group) is 1.